The molecule has 0 bridgehead atoms. The van der Waals surface area contributed by atoms with Gasteiger partial charge in [-0.15, -0.1) is 11.6 Å². The van der Waals surface area contributed by atoms with Crippen molar-refractivity contribution in [1.82, 2.24) is 0 Å². The fraction of sp³-hybridized carbons (Fsp3) is 0.312. The molecule has 1 aliphatic rings. The van der Waals surface area contributed by atoms with Crippen LogP contribution in [0, 0.1) is 5.92 Å². The predicted molar refractivity (Wildman–Crippen MR) is 80.0 cm³/mol. The number of nitrogens with zero attached hydrogens (tertiary/aromatic N) is 1. The number of allylic oxidation sites excluding steroid dienone is 3. The SMILES string of the molecule is CC1=CC(C)C/C=C(\c2cccc(CCl)c2)N=C1. The Kier molecular flexibility index (Phi) is 4.38. The summed E-state index contributed by atoms with van der Waals surface area (Å²) in [5.41, 5.74) is 4.54. The Morgan fingerprint density at radius 1 is 1.39 bits per heavy atom. The van der Waals surface area contributed by atoms with Gasteiger partial charge in [-0.05, 0) is 36.5 Å². The van der Waals surface area contributed by atoms with E-state index in [1.165, 1.54) is 5.57 Å². The molecule has 0 aromatic heterocycles. The van der Waals surface area contributed by atoms with Crippen LogP contribution < -0.4 is 0 Å². The van der Waals surface area contributed by atoms with E-state index >= 15 is 0 Å². The molecular formula is C16H18ClN. The van der Waals surface area contributed by atoms with E-state index in [-0.39, 0.29) is 0 Å². The lowest BCUT2D eigenvalue weighted by atomic mass is 10.0. The van der Waals surface area contributed by atoms with E-state index in [4.69, 9.17) is 11.6 Å². The van der Waals surface area contributed by atoms with Gasteiger partial charge in [0.2, 0.25) is 0 Å². The number of hydrogen-bond donors (Lipinski definition) is 0. The first-order valence-corrected chi connectivity index (χ1v) is 6.80. The Balaban J connectivity index is 2.34. The summed E-state index contributed by atoms with van der Waals surface area (Å²) in [7, 11) is 0. The zero-order chi connectivity index (χ0) is 13.0. The van der Waals surface area contributed by atoms with Gasteiger partial charge < -0.3 is 0 Å². The summed E-state index contributed by atoms with van der Waals surface area (Å²) in [5.74, 6) is 1.10. The van der Waals surface area contributed by atoms with Crippen molar-refractivity contribution in [2.75, 3.05) is 0 Å². The molecule has 1 heterocycles. The Morgan fingerprint density at radius 2 is 2.22 bits per heavy atom. The van der Waals surface area contributed by atoms with E-state index in [0.717, 1.165) is 23.2 Å². The highest BCUT2D eigenvalue weighted by Crippen LogP contribution is 2.22. The Bertz CT molecular complexity index is 512. The van der Waals surface area contributed by atoms with Crippen molar-refractivity contribution in [2.45, 2.75) is 26.1 Å². The van der Waals surface area contributed by atoms with E-state index < -0.39 is 0 Å². The average Bonchev–Trinajstić information content (AvgIpc) is 2.36. The molecule has 1 unspecified atom stereocenters. The van der Waals surface area contributed by atoms with Gasteiger partial charge in [-0.25, -0.2) is 0 Å². The Morgan fingerprint density at radius 3 is 3.00 bits per heavy atom. The van der Waals surface area contributed by atoms with Gasteiger partial charge in [0.15, 0.2) is 0 Å². The summed E-state index contributed by atoms with van der Waals surface area (Å²) in [6.07, 6.45) is 7.42. The summed E-state index contributed by atoms with van der Waals surface area (Å²) in [4.78, 5) is 4.57. The molecule has 1 atom stereocenters. The first-order chi connectivity index (χ1) is 8.69. The zero-order valence-electron chi connectivity index (χ0n) is 10.9. The number of aliphatic imine (C=N–C) groups is 1. The van der Waals surface area contributed by atoms with Crippen molar-refractivity contribution < 1.29 is 0 Å². The molecule has 0 saturated heterocycles. The van der Waals surface area contributed by atoms with Gasteiger partial charge in [0.25, 0.3) is 0 Å². The van der Waals surface area contributed by atoms with Crippen LogP contribution in [0.1, 0.15) is 31.4 Å². The van der Waals surface area contributed by atoms with Gasteiger partial charge >= 0.3 is 0 Å². The summed E-state index contributed by atoms with van der Waals surface area (Å²) in [6, 6.07) is 8.28. The molecule has 0 fully saturated rings. The molecule has 0 saturated carbocycles. The highest BCUT2D eigenvalue weighted by molar-refractivity contribution is 6.17. The molecule has 1 aromatic rings. The second kappa shape index (κ2) is 6.01. The van der Waals surface area contributed by atoms with Crippen molar-refractivity contribution in [3.05, 3.63) is 53.1 Å². The monoisotopic (exact) mass is 259 g/mol. The first kappa shape index (κ1) is 13.1. The topological polar surface area (TPSA) is 12.4 Å². The summed E-state index contributed by atoms with van der Waals surface area (Å²) in [5, 5.41) is 0. The summed E-state index contributed by atoms with van der Waals surface area (Å²) >= 11 is 5.88. The van der Waals surface area contributed by atoms with Gasteiger partial charge in [0.05, 0.1) is 5.70 Å². The van der Waals surface area contributed by atoms with Crippen molar-refractivity contribution in [3.8, 4) is 0 Å². The molecule has 1 nitrogen and oxygen atoms in total. The molecule has 1 aromatic carbocycles. The van der Waals surface area contributed by atoms with Crippen LogP contribution in [0.4, 0.5) is 0 Å². The minimum absolute atomic E-state index is 0.542. The molecule has 1 aliphatic heterocycles. The number of alkyl halides is 1. The summed E-state index contributed by atoms with van der Waals surface area (Å²) < 4.78 is 0. The van der Waals surface area contributed by atoms with E-state index in [0.29, 0.717) is 11.8 Å². The maximum Gasteiger partial charge on any atom is 0.0662 e. The number of halogens is 1. The highest BCUT2D eigenvalue weighted by Gasteiger charge is 2.05. The number of rotatable bonds is 2. The van der Waals surface area contributed by atoms with Gasteiger partial charge in [-0.2, -0.15) is 0 Å². The first-order valence-electron chi connectivity index (χ1n) is 6.27. The van der Waals surface area contributed by atoms with Crippen LogP contribution >= 0.6 is 11.6 Å². The van der Waals surface area contributed by atoms with Gasteiger partial charge in [-0.3, -0.25) is 4.99 Å². The fourth-order valence-corrected chi connectivity index (χ4v) is 2.25. The molecule has 2 rings (SSSR count). The van der Waals surface area contributed by atoms with Gasteiger partial charge in [0, 0.05) is 17.7 Å². The van der Waals surface area contributed by atoms with Crippen molar-refractivity contribution >= 4 is 23.5 Å². The largest absolute Gasteiger partial charge is 0.256 e. The minimum Gasteiger partial charge on any atom is -0.256 e. The molecular weight excluding hydrogens is 242 g/mol. The van der Waals surface area contributed by atoms with E-state index in [9.17, 15) is 0 Å². The Labute approximate surface area is 114 Å². The quantitative estimate of drug-likeness (QED) is 0.675. The van der Waals surface area contributed by atoms with Crippen molar-refractivity contribution in [1.29, 1.82) is 0 Å². The maximum absolute atomic E-state index is 5.88. The van der Waals surface area contributed by atoms with Crippen LogP contribution in [0.25, 0.3) is 5.70 Å². The van der Waals surface area contributed by atoms with E-state index in [1.54, 1.807) is 0 Å². The smallest absolute Gasteiger partial charge is 0.0662 e. The molecule has 0 radical (unpaired) electrons. The van der Waals surface area contributed by atoms with Crippen LogP contribution in [0.3, 0.4) is 0 Å². The summed E-state index contributed by atoms with van der Waals surface area (Å²) in [6.45, 7) is 4.32. The third-order valence-electron chi connectivity index (χ3n) is 3.01. The molecule has 18 heavy (non-hydrogen) atoms. The predicted octanol–water partition coefficient (Wildman–Crippen LogP) is 4.82. The molecule has 0 amide bonds. The zero-order valence-corrected chi connectivity index (χ0v) is 11.6. The van der Waals surface area contributed by atoms with Crippen LogP contribution in [0.2, 0.25) is 0 Å². The lowest BCUT2D eigenvalue weighted by molar-refractivity contribution is 0.740. The minimum atomic E-state index is 0.542. The Hall–Kier alpha value is -1.34. The third kappa shape index (κ3) is 3.33. The standard InChI is InChI=1S/C16H18ClN/c1-12-6-7-16(18-11-13(2)8-12)15-5-3-4-14(9-15)10-17/h3-5,7-9,11-12H,6,10H2,1-2H3/b13-8?,16-7+,18-11?. The van der Waals surface area contributed by atoms with Gasteiger partial charge in [-0.1, -0.05) is 37.3 Å². The third-order valence-corrected chi connectivity index (χ3v) is 3.32. The molecule has 0 spiro atoms. The van der Waals surface area contributed by atoms with Crippen LogP contribution in [-0.4, -0.2) is 6.21 Å². The molecule has 94 valence electrons. The normalized spacial score (nSPS) is 22.7. The van der Waals surface area contributed by atoms with E-state index in [2.05, 4.69) is 43.1 Å². The number of benzene rings is 1. The average molecular weight is 260 g/mol. The van der Waals surface area contributed by atoms with Gasteiger partial charge in [0.1, 0.15) is 0 Å². The molecule has 0 aliphatic carbocycles. The maximum atomic E-state index is 5.88. The molecule has 2 heteroatoms. The van der Waals surface area contributed by atoms with Crippen molar-refractivity contribution in [3.63, 3.8) is 0 Å². The van der Waals surface area contributed by atoms with E-state index in [1.807, 2.05) is 18.3 Å². The lowest BCUT2D eigenvalue weighted by Crippen LogP contribution is -1.95. The van der Waals surface area contributed by atoms with Crippen LogP contribution in [0.5, 0.6) is 0 Å². The second-order valence-corrected chi connectivity index (χ2v) is 5.07. The lowest BCUT2D eigenvalue weighted by Gasteiger charge is -2.10. The number of hydrogen-bond acceptors (Lipinski definition) is 1. The van der Waals surface area contributed by atoms with Crippen LogP contribution in [-0.2, 0) is 5.88 Å². The fourth-order valence-electron chi connectivity index (χ4n) is 2.09. The van der Waals surface area contributed by atoms with Crippen LogP contribution in [0.15, 0.2) is 47.0 Å². The molecule has 0 N–H and O–H groups in total. The second-order valence-electron chi connectivity index (χ2n) is 4.81. The highest BCUT2D eigenvalue weighted by atomic mass is 35.5. The van der Waals surface area contributed by atoms with Crippen molar-refractivity contribution in [2.24, 2.45) is 10.9 Å².